The van der Waals surface area contributed by atoms with Crippen molar-refractivity contribution in [1.82, 2.24) is 4.98 Å². The summed E-state index contributed by atoms with van der Waals surface area (Å²) in [5.41, 5.74) is -2.08. The quantitative estimate of drug-likeness (QED) is 0.278. The Morgan fingerprint density at radius 2 is 1.82 bits per heavy atom. The van der Waals surface area contributed by atoms with Gasteiger partial charge in [0.1, 0.15) is 18.2 Å². The Morgan fingerprint density at radius 3 is 2.51 bits per heavy atom. The molecule has 0 spiro atoms. The van der Waals surface area contributed by atoms with Crippen LogP contribution in [0.15, 0.2) is 42.6 Å². The van der Waals surface area contributed by atoms with Crippen molar-refractivity contribution < 1.29 is 40.9 Å². The number of halogens is 6. The number of aliphatic hydroxyl groups is 1. The van der Waals surface area contributed by atoms with Gasteiger partial charge in [0.15, 0.2) is 0 Å². The second-order valence-corrected chi connectivity index (χ2v) is 10.8. The smallest absolute Gasteiger partial charge is 0.417 e. The van der Waals surface area contributed by atoms with E-state index in [0.717, 1.165) is 36.6 Å². The van der Waals surface area contributed by atoms with Crippen molar-refractivity contribution in [2.45, 2.75) is 63.8 Å². The average Bonchev–Trinajstić information content (AvgIpc) is 3.52. The van der Waals surface area contributed by atoms with Gasteiger partial charge in [-0.2, -0.15) is 13.2 Å². The van der Waals surface area contributed by atoms with Crippen LogP contribution in [-0.4, -0.2) is 22.3 Å². The molecule has 1 N–H and O–H groups in total. The topological polar surface area (TPSA) is 51.6 Å². The lowest BCUT2D eigenvalue weighted by atomic mass is 9.93. The standard InChI is InChI=1S/C29H27F6NO3/c1-28(2,37)5-6-38-18-3-4-19(22(11-18)27(31)32)21-9-17(25(30)12-24(21)29(33,34)35)14-39-26-10-16-7-15-8-20(15)23(16)13-36-26/h3-4,9-13,15,20,27,37H,5-8,14H2,1-2H3/t15-,20?/m0/s1. The predicted molar refractivity (Wildman–Crippen MR) is 131 cm³/mol. The lowest BCUT2D eigenvalue weighted by molar-refractivity contribution is -0.137. The Kier molecular flexibility index (Phi) is 7.03. The van der Waals surface area contributed by atoms with Crippen LogP contribution in [0.2, 0.25) is 0 Å². The van der Waals surface area contributed by atoms with Gasteiger partial charge < -0.3 is 14.6 Å². The van der Waals surface area contributed by atoms with Gasteiger partial charge in [0.25, 0.3) is 6.43 Å². The van der Waals surface area contributed by atoms with E-state index in [1.165, 1.54) is 11.6 Å². The number of pyridine rings is 1. The molecule has 0 aliphatic heterocycles. The molecule has 1 aromatic heterocycles. The Hall–Kier alpha value is -3.27. The average molecular weight is 552 g/mol. The van der Waals surface area contributed by atoms with Gasteiger partial charge in [-0.05, 0) is 85.0 Å². The summed E-state index contributed by atoms with van der Waals surface area (Å²) in [7, 11) is 0. The van der Waals surface area contributed by atoms with Crippen molar-refractivity contribution in [2.24, 2.45) is 5.92 Å². The van der Waals surface area contributed by atoms with E-state index < -0.39 is 52.9 Å². The molecule has 0 saturated heterocycles. The molecule has 5 rings (SSSR count). The Bertz CT molecular complexity index is 1380. The van der Waals surface area contributed by atoms with Crippen molar-refractivity contribution in [2.75, 3.05) is 6.61 Å². The van der Waals surface area contributed by atoms with Crippen molar-refractivity contribution in [1.29, 1.82) is 0 Å². The second-order valence-electron chi connectivity index (χ2n) is 10.8. The van der Waals surface area contributed by atoms with Crippen LogP contribution in [0, 0.1) is 11.7 Å². The minimum atomic E-state index is -5.00. The van der Waals surface area contributed by atoms with Gasteiger partial charge in [-0.25, -0.2) is 18.2 Å². The number of rotatable bonds is 9. The minimum Gasteiger partial charge on any atom is -0.493 e. The molecule has 2 aliphatic rings. The van der Waals surface area contributed by atoms with Crippen LogP contribution in [0.5, 0.6) is 11.6 Å². The fourth-order valence-electron chi connectivity index (χ4n) is 5.02. The van der Waals surface area contributed by atoms with Crippen molar-refractivity contribution >= 4 is 0 Å². The van der Waals surface area contributed by atoms with Crippen molar-refractivity contribution in [3.8, 4) is 22.8 Å². The van der Waals surface area contributed by atoms with Crippen LogP contribution in [0.3, 0.4) is 0 Å². The molecule has 0 radical (unpaired) electrons. The molecule has 0 amide bonds. The Labute approximate surface area is 221 Å². The molecule has 2 aromatic carbocycles. The summed E-state index contributed by atoms with van der Waals surface area (Å²) >= 11 is 0. The summed E-state index contributed by atoms with van der Waals surface area (Å²) in [5, 5.41) is 9.80. The van der Waals surface area contributed by atoms with E-state index in [1.807, 2.05) is 0 Å². The largest absolute Gasteiger partial charge is 0.493 e. The molecule has 10 heteroatoms. The number of hydrogen-bond donors (Lipinski definition) is 1. The first-order valence-electron chi connectivity index (χ1n) is 12.6. The molecule has 208 valence electrons. The number of ether oxygens (including phenoxy) is 2. The van der Waals surface area contributed by atoms with E-state index in [9.17, 15) is 31.4 Å². The first-order chi connectivity index (χ1) is 18.3. The van der Waals surface area contributed by atoms with Gasteiger partial charge in [-0.1, -0.05) is 6.07 Å². The van der Waals surface area contributed by atoms with E-state index >= 15 is 0 Å². The zero-order valence-corrected chi connectivity index (χ0v) is 21.3. The summed E-state index contributed by atoms with van der Waals surface area (Å²) < 4.78 is 95.7. The Balaban J connectivity index is 1.45. The van der Waals surface area contributed by atoms with E-state index in [-0.39, 0.29) is 30.2 Å². The molecule has 1 saturated carbocycles. The van der Waals surface area contributed by atoms with Gasteiger partial charge in [-0.3, -0.25) is 0 Å². The van der Waals surface area contributed by atoms with Crippen LogP contribution in [-0.2, 0) is 19.2 Å². The third kappa shape index (κ3) is 6.00. The maximum absolute atomic E-state index is 14.8. The molecule has 2 atom stereocenters. The first-order valence-corrected chi connectivity index (χ1v) is 12.6. The Morgan fingerprint density at radius 1 is 1.05 bits per heavy atom. The highest BCUT2D eigenvalue weighted by atomic mass is 19.4. The van der Waals surface area contributed by atoms with Gasteiger partial charge in [0, 0.05) is 29.8 Å². The highest BCUT2D eigenvalue weighted by Crippen LogP contribution is 2.56. The molecule has 4 nitrogen and oxygen atoms in total. The van der Waals surface area contributed by atoms with E-state index in [0.29, 0.717) is 17.9 Å². The lowest BCUT2D eigenvalue weighted by Gasteiger charge is -2.20. The molecule has 0 bridgehead atoms. The third-order valence-corrected chi connectivity index (χ3v) is 7.20. The third-order valence-electron chi connectivity index (χ3n) is 7.20. The predicted octanol–water partition coefficient (Wildman–Crippen LogP) is 7.62. The summed E-state index contributed by atoms with van der Waals surface area (Å²) in [6.07, 6.45) is -4.16. The highest BCUT2D eigenvalue weighted by molar-refractivity contribution is 5.73. The van der Waals surface area contributed by atoms with Crippen LogP contribution in [0.25, 0.3) is 11.1 Å². The number of fused-ring (bicyclic) bond motifs is 3. The highest BCUT2D eigenvalue weighted by Gasteiger charge is 2.45. The molecule has 2 aliphatic carbocycles. The number of benzene rings is 2. The van der Waals surface area contributed by atoms with Crippen molar-refractivity contribution in [3.63, 3.8) is 0 Å². The number of aromatic nitrogens is 1. The van der Waals surface area contributed by atoms with Gasteiger partial charge >= 0.3 is 6.18 Å². The number of nitrogens with zero attached hydrogens (tertiary/aromatic N) is 1. The fourth-order valence-corrected chi connectivity index (χ4v) is 5.02. The SMILES string of the molecule is CC(C)(O)CCOc1ccc(-c2cc(COc3cc4c(cn3)C3C[C@@H]3C4)c(F)cc2C(F)(F)F)c(C(F)F)c1. The first kappa shape index (κ1) is 27.3. The van der Waals surface area contributed by atoms with E-state index in [2.05, 4.69) is 4.98 Å². The molecular weight excluding hydrogens is 524 g/mol. The maximum atomic E-state index is 14.8. The molecule has 39 heavy (non-hydrogen) atoms. The van der Waals surface area contributed by atoms with Gasteiger partial charge in [-0.15, -0.1) is 0 Å². The molecular formula is C29H27F6NO3. The molecule has 1 heterocycles. The summed E-state index contributed by atoms with van der Waals surface area (Å²) in [6, 6.07) is 6.29. The maximum Gasteiger partial charge on any atom is 0.417 e. The van der Waals surface area contributed by atoms with E-state index in [1.54, 1.807) is 26.1 Å². The number of hydrogen-bond acceptors (Lipinski definition) is 4. The molecule has 1 fully saturated rings. The lowest BCUT2D eigenvalue weighted by Crippen LogP contribution is -2.21. The zero-order chi connectivity index (χ0) is 28.1. The van der Waals surface area contributed by atoms with Gasteiger partial charge in [0.2, 0.25) is 5.88 Å². The van der Waals surface area contributed by atoms with Gasteiger partial charge in [0.05, 0.1) is 17.8 Å². The second kappa shape index (κ2) is 10.0. The van der Waals surface area contributed by atoms with E-state index in [4.69, 9.17) is 9.47 Å². The normalized spacial score (nSPS) is 18.2. The van der Waals surface area contributed by atoms with Crippen LogP contribution < -0.4 is 9.47 Å². The minimum absolute atomic E-state index is 0.00933. The van der Waals surface area contributed by atoms with Crippen LogP contribution in [0.1, 0.15) is 66.8 Å². The monoisotopic (exact) mass is 551 g/mol. The molecule has 1 unspecified atom stereocenters. The summed E-state index contributed by atoms with van der Waals surface area (Å²) in [6.45, 7) is 2.69. The molecule has 3 aromatic rings. The summed E-state index contributed by atoms with van der Waals surface area (Å²) in [5.74, 6) is 0.210. The summed E-state index contributed by atoms with van der Waals surface area (Å²) in [4.78, 5) is 4.24. The van der Waals surface area contributed by atoms with Crippen molar-refractivity contribution in [3.05, 3.63) is 76.2 Å². The fraction of sp³-hybridized carbons (Fsp3) is 0.414. The van der Waals surface area contributed by atoms with Crippen LogP contribution in [0.4, 0.5) is 26.3 Å². The number of alkyl halides is 5. The zero-order valence-electron chi connectivity index (χ0n) is 21.3. The van der Waals surface area contributed by atoms with Crippen LogP contribution >= 0.6 is 0 Å².